The first-order chi connectivity index (χ1) is 10.4. The van der Waals surface area contributed by atoms with Gasteiger partial charge in [-0.2, -0.15) is 0 Å². The molecular formula is C14H23N5O3. The second-order valence-corrected chi connectivity index (χ2v) is 5.87. The van der Waals surface area contributed by atoms with Crippen LogP contribution in [0, 0.1) is 6.92 Å². The lowest BCUT2D eigenvalue weighted by Gasteiger charge is -2.36. The highest BCUT2D eigenvalue weighted by atomic mass is 16.3. The largest absolute Gasteiger partial charge is 0.390 e. The third-order valence-corrected chi connectivity index (χ3v) is 3.76. The first-order valence-electron chi connectivity index (χ1n) is 7.30. The molecule has 0 radical (unpaired) electrons. The molecule has 3 N–H and O–H groups in total. The Balaban J connectivity index is 1.85. The lowest BCUT2D eigenvalue weighted by molar-refractivity contribution is -0.130. The zero-order valence-electron chi connectivity index (χ0n) is 13.2. The van der Waals surface area contributed by atoms with Gasteiger partial charge in [0.25, 0.3) is 5.91 Å². The van der Waals surface area contributed by atoms with Crippen LogP contribution in [0.5, 0.6) is 0 Å². The fraction of sp³-hybridized carbons (Fsp3) is 0.643. The summed E-state index contributed by atoms with van der Waals surface area (Å²) in [6.07, 6.45) is 1.47. The Morgan fingerprint density at radius 1 is 1.55 bits per heavy atom. The maximum absolute atomic E-state index is 12.0. The van der Waals surface area contributed by atoms with E-state index in [1.165, 1.54) is 4.90 Å². The summed E-state index contributed by atoms with van der Waals surface area (Å²) in [7, 11) is 3.41. The second kappa shape index (κ2) is 6.89. The van der Waals surface area contributed by atoms with Gasteiger partial charge in [0.05, 0.1) is 18.7 Å². The Labute approximate surface area is 129 Å². The number of aromatic amines is 1. The number of hydrogen-bond acceptors (Lipinski definition) is 5. The van der Waals surface area contributed by atoms with Gasteiger partial charge in [0.15, 0.2) is 5.82 Å². The smallest absolute Gasteiger partial charge is 0.287 e. The number of amides is 2. The number of imidazole rings is 1. The number of piperidine rings is 1. The Morgan fingerprint density at radius 2 is 2.27 bits per heavy atom. The minimum atomic E-state index is -0.705. The molecule has 1 aliphatic heterocycles. The summed E-state index contributed by atoms with van der Waals surface area (Å²) >= 11 is 0. The van der Waals surface area contributed by atoms with E-state index in [4.69, 9.17) is 0 Å². The second-order valence-electron chi connectivity index (χ2n) is 5.87. The lowest BCUT2D eigenvalue weighted by atomic mass is 10.0. The number of β-amino-alcohol motifs (C(OH)–C–C–N with tert-alkyl or cyclic N) is 1. The van der Waals surface area contributed by atoms with Gasteiger partial charge in [-0.15, -0.1) is 0 Å². The fourth-order valence-corrected chi connectivity index (χ4v) is 2.41. The zero-order valence-corrected chi connectivity index (χ0v) is 13.2. The van der Waals surface area contributed by atoms with Crippen LogP contribution in [0.25, 0.3) is 0 Å². The zero-order chi connectivity index (χ0) is 16.3. The van der Waals surface area contributed by atoms with Gasteiger partial charge in [-0.05, 0) is 13.3 Å². The summed E-state index contributed by atoms with van der Waals surface area (Å²) in [6, 6.07) is -0.330. The number of H-pyrrole nitrogens is 1. The van der Waals surface area contributed by atoms with Crippen LogP contribution < -0.4 is 5.32 Å². The van der Waals surface area contributed by atoms with Crippen molar-refractivity contribution < 1.29 is 14.7 Å². The number of rotatable bonds is 4. The number of likely N-dealkylation sites (tertiary alicyclic amines) is 1. The first-order valence-corrected chi connectivity index (χ1v) is 7.30. The van der Waals surface area contributed by atoms with Gasteiger partial charge in [0.2, 0.25) is 5.91 Å². The van der Waals surface area contributed by atoms with Crippen LogP contribution in [0.1, 0.15) is 22.7 Å². The quantitative estimate of drug-likeness (QED) is 0.660. The van der Waals surface area contributed by atoms with E-state index >= 15 is 0 Å². The summed E-state index contributed by atoms with van der Waals surface area (Å²) in [5, 5.41) is 13.0. The van der Waals surface area contributed by atoms with Crippen molar-refractivity contribution in [2.24, 2.45) is 0 Å². The van der Waals surface area contributed by atoms with Gasteiger partial charge in [-0.3, -0.25) is 14.5 Å². The van der Waals surface area contributed by atoms with Crippen LogP contribution in [-0.4, -0.2) is 82.6 Å². The average Bonchev–Trinajstić information content (AvgIpc) is 2.88. The molecule has 1 aromatic rings. The molecule has 1 aromatic heterocycles. The number of hydrogen-bond donors (Lipinski definition) is 3. The number of carbonyl (C=O) groups is 2. The molecule has 8 nitrogen and oxygen atoms in total. The highest BCUT2D eigenvalue weighted by molar-refractivity contribution is 5.90. The van der Waals surface area contributed by atoms with Gasteiger partial charge in [-0.1, -0.05) is 0 Å². The molecule has 1 saturated heterocycles. The molecule has 2 rings (SSSR count). The number of carbonyl (C=O) groups excluding carboxylic acids is 2. The molecule has 0 saturated carbocycles. The molecule has 1 fully saturated rings. The number of aromatic nitrogens is 2. The van der Waals surface area contributed by atoms with Crippen LogP contribution in [0.15, 0.2) is 6.20 Å². The van der Waals surface area contributed by atoms with E-state index in [0.29, 0.717) is 19.5 Å². The summed E-state index contributed by atoms with van der Waals surface area (Å²) in [5.74, 6) is -0.0781. The number of aliphatic hydroxyl groups is 1. The fourth-order valence-electron chi connectivity index (χ4n) is 2.41. The van der Waals surface area contributed by atoms with Crippen LogP contribution in [0.4, 0.5) is 0 Å². The normalized spacial score (nSPS) is 22.4. The van der Waals surface area contributed by atoms with Crippen molar-refractivity contribution in [2.45, 2.75) is 25.5 Å². The molecule has 122 valence electrons. The molecule has 1 aliphatic rings. The number of aliphatic hydroxyl groups excluding tert-OH is 1. The number of aryl methyl sites for hydroxylation is 1. The summed E-state index contributed by atoms with van der Waals surface area (Å²) < 4.78 is 0. The number of nitrogens with one attached hydrogen (secondary N) is 2. The molecule has 8 heteroatoms. The molecule has 0 aliphatic carbocycles. The van der Waals surface area contributed by atoms with Gasteiger partial charge in [0, 0.05) is 39.1 Å². The van der Waals surface area contributed by atoms with Crippen molar-refractivity contribution in [1.82, 2.24) is 25.1 Å². The van der Waals surface area contributed by atoms with E-state index < -0.39 is 6.10 Å². The van der Waals surface area contributed by atoms with Crippen LogP contribution >= 0.6 is 0 Å². The topological polar surface area (TPSA) is 102 Å². The van der Waals surface area contributed by atoms with E-state index in [2.05, 4.69) is 15.3 Å². The van der Waals surface area contributed by atoms with E-state index in [1.807, 2.05) is 11.8 Å². The van der Waals surface area contributed by atoms with Crippen LogP contribution in [0.2, 0.25) is 0 Å². The monoisotopic (exact) mass is 309 g/mol. The van der Waals surface area contributed by atoms with E-state index in [0.717, 1.165) is 5.69 Å². The lowest BCUT2D eigenvalue weighted by Crippen LogP contribution is -2.55. The van der Waals surface area contributed by atoms with Crippen molar-refractivity contribution in [2.75, 3.05) is 33.7 Å². The van der Waals surface area contributed by atoms with Crippen molar-refractivity contribution in [3.8, 4) is 0 Å². The molecular weight excluding hydrogens is 286 g/mol. The highest BCUT2D eigenvalue weighted by Crippen LogP contribution is 2.12. The number of likely N-dealkylation sites (N-methyl/N-ethyl adjacent to an activating group) is 1. The van der Waals surface area contributed by atoms with Crippen molar-refractivity contribution in [3.63, 3.8) is 0 Å². The third kappa shape index (κ3) is 4.05. The van der Waals surface area contributed by atoms with E-state index in [-0.39, 0.29) is 30.2 Å². The summed E-state index contributed by atoms with van der Waals surface area (Å²) in [6.45, 7) is 3.11. The predicted octanol–water partition coefficient (Wildman–Crippen LogP) is -1.03. The Morgan fingerprint density at radius 3 is 2.82 bits per heavy atom. The first kappa shape index (κ1) is 16.4. The minimum Gasteiger partial charge on any atom is -0.390 e. The Bertz CT molecular complexity index is 542. The van der Waals surface area contributed by atoms with Gasteiger partial charge in [0.1, 0.15) is 0 Å². The van der Waals surface area contributed by atoms with Gasteiger partial charge >= 0.3 is 0 Å². The molecule has 0 unspecified atom stereocenters. The molecule has 22 heavy (non-hydrogen) atoms. The average molecular weight is 309 g/mol. The molecule has 2 amide bonds. The minimum absolute atomic E-state index is 0.000691. The Kier molecular flexibility index (Phi) is 5.15. The van der Waals surface area contributed by atoms with Crippen LogP contribution in [0.3, 0.4) is 0 Å². The molecule has 0 spiro atoms. The van der Waals surface area contributed by atoms with Crippen molar-refractivity contribution in [3.05, 3.63) is 17.7 Å². The summed E-state index contributed by atoms with van der Waals surface area (Å²) in [4.78, 5) is 34.0. The maximum atomic E-state index is 12.0. The SMILES string of the molecule is Cc1cnc(C(=O)N[C@@H]2CCN(CC(=O)N(C)C)C[C@H]2O)[nH]1. The predicted molar refractivity (Wildman–Crippen MR) is 80.3 cm³/mol. The molecule has 0 bridgehead atoms. The van der Waals surface area contributed by atoms with E-state index in [9.17, 15) is 14.7 Å². The van der Waals surface area contributed by atoms with Gasteiger partial charge < -0.3 is 20.3 Å². The Hall–Kier alpha value is -1.93. The third-order valence-electron chi connectivity index (χ3n) is 3.76. The number of nitrogens with zero attached hydrogens (tertiary/aromatic N) is 3. The van der Waals surface area contributed by atoms with E-state index in [1.54, 1.807) is 20.3 Å². The molecule has 2 heterocycles. The van der Waals surface area contributed by atoms with Gasteiger partial charge in [-0.25, -0.2) is 4.98 Å². The van der Waals surface area contributed by atoms with Crippen molar-refractivity contribution >= 4 is 11.8 Å². The maximum Gasteiger partial charge on any atom is 0.287 e. The molecule has 0 aromatic carbocycles. The summed E-state index contributed by atoms with van der Waals surface area (Å²) in [5.41, 5.74) is 0.808. The standard InChI is InChI=1S/C14H23N5O3/c1-9-6-15-13(16-9)14(22)17-10-4-5-19(7-11(10)20)8-12(21)18(2)3/h6,10-11,20H,4-5,7-8H2,1-3H3,(H,15,16)(H,17,22)/t10-,11-/m1/s1. The van der Waals surface area contributed by atoms with Crippen molar-refractivity contribution in [1.29, 1.82) is 0 Å². The highest BCUT2D eigenvalue weighted by Gasteiger charge is 2.30. The van der Waals surface area contributed by atoms with Crippen LogP contribution in [-0.2, 0) is 4.79 Å². The molecule has 2 atom stereocenters.